The summed E-state index contributed by atoms with van der Waals surface area (Å²) in [6, 6.07) is 0. The Balaban J connectivity index is 3.95. The first-order valence-corrected chi connectivity index (χ1v) is 6.37. The van der Waals surface area contributed by atoms with Crippen LogP contribution in [-0.2, 0) is 9.59 Å². The molecule has 0 aliphatic rings. The van der Waals surface area contributed by atoms with Gasteiger partial charge in [0.05, 0.1) is 0 Å². The van der Waals surface area contributed by atoms with E-state index in [2.05, 4.69) is 26.0 Å². The summed E-state index contributed by atoms with van der Waals surface area (Å²) in [5.74, 6) is 0.426. The van der Waals surface area contributed by atoms with E-state index in [9.17, 15) is 9.59 Å². The minimum absolute atomic E-state index is 0.102. The number of aldehydes is 1. The molecule has 0 saturated carbocycles. The zero-order chi connectivity index (χ0) is 12.2. The minimum atomic E-state index is 0.102. The first-order chi connectivity index (χ1) is 7.76. The van der Waals surface area contributed by atoms with E-state index < -0.39 is 0 Å². The van der Waals surface area contributed by atoms with Gasteiger partial charge in [-0.2, -0.15) is 0 Å². The summed E-state index contributed by atoms with van der Waals surface area (Å²) >= 11 is 0. The maximum absolute atomic E-state index is 11.9. The van der Waals surface area contributed by atoms with Crippen LogP contribution in [0.2, 0.25) is 0 Å². The zero-order valence-electron chi connectivity index (χ0n) is 10.6. The fraction of sp³-hybridized carbons (Fsp3) is 0.714. The van der Waals surface area contributed by atoms with Gasteiger partial charge in [-0.15, -0.1) is 0 Å². The largest absolute Gasteiger partial charge is 0.303 e. The van der Waals surface area contributed by atoms with Crippen LogP contribution in [0.3, 0.4) is 0 Å². The normalized spacial score (nSPS) is 12.9. The van der Waals surface area contributed by atoms with Gasteiger partial charge >= 0.3 is 0 Å². The van der Waals surface area contributed by atoms with E-state index in [4.69, 9.17) is 0 Å². The van der Waals surface area contributed by atoms with Gasteiger partial charge < -0.3 is 4.79 Å². The quantitative estimate of drug-likeness (QED) is 0.419. The molecule has 0 bridgehead atoms. The second-order valence-corrected chi connectivity index (χ2v) is 4.11. The van der Waals surface area contributed by atoms with Gasteiger partial charge in [-0.25, -0.2) is 0 Å². The number of hydrogen-bond donors (Lipinski definition) is 0. The van der Waals surface area contributed by atoms with Gasteiger partial charge in [-0.3, -0.25) is 4.79 Å². The van der Waals surface area contributed by atoms with Gasteiger partial charge in [0.1, 0.15) is 12.1 Å². The van der Waals surface area contributed by atoms with E-state index in [1.807, 2.05) is 0 Å². The van der Waals surface area contributed by atoms with Crippen LogP contribution >= 0.6 is 0 Å². The van der Waals surface area contributed by atoms with Crippen LogP contribution in [0.15, 0.2) is 12.2 Å². The van der Waals surface area contributed by atoms with Crippen molar-refractivity contribution < 1.29 is 9.59 Å². The van der Waals surface area contributed by atoms with E-state index in [0.29, 0.717) is 18.6 Å². The predicted octanol–water partition coefficient (Wildman–Crippen LogP) is 3.70. The first-order valence-electron chi connectivity index (χ1n) is 6.37. The van der Waals surface area contributed by atoms with Crippen molar-refractivity contribution in [1.29, 1.82) is 0 Å². The molecule has 0 aromatic carbocycles. The third-order valence-corrected chi connectivity index (χ3v) is 2.69. The van der Waals surface area contributed by atoms with Crippen molar-refractivity contribution in [2.24, 2.45) is 5.92 Å². The SMILES string of the molecule is CCC=CCCC(=O)C(CCC)CCC=O. The summed E-state index contributed by atoms with van der Waals surface area (Å²) in [7, 11) is 0. The number of ketones is 1. The highest BCUT2D eigenvalue weighted by Crippen LogP contribution is 2.16. The number of carbonyl (C=O) groups excluding carboxylic acids is 2. The molecule has 16 heavy (non-hydrogen) atoms. The summed E-state index contributed by atoms with van der Waals surface area (Å²) < 4.78 is 0. The van der Waals surface area contributed by atoms with Gasteiger partial charge in [0, 0.05) is 18.8 Å². The predicted molar refractivity (Wildman–Crippen MR) is 67.4 cm³/mol. The maximum atomic E-state index is 11.9. The standard InChI is InChI=1S/C14H24O2/c1-3-5-6-7-11-14(16)13(9-4-2)10-8-12-15/h5-6,12-13H,3-4,7-11H2,1-2H3. The second-order valence-electron chi connectivity index (χ2n) is 4.11. The Bertz CT molecular complexity index is 219. The molecule has 0 spiro atoms. The van der Waals surface area contributed by atoms with E-state index in [0.717, 1.165) is 38.4 Å². The van der Waals surface area contributed by atoms with E-state index in [-0.39, 0.29) is 5.92 Å². The van der Waals surface area contributed by atoms with Crippen molar-refractivity contribution in [3.8, 4) is 0 Å². The third kappa shape index (κ3) is 7.38. The molecule has 0 N–H and O–H groups in total. The van der Waals surface area contributed by atoms with Gasteiger partial charge in [0.15, 0.2) is 0 Å². The number of allylic oxidation sites excluding steroid dienone is 2. The molecule has 2 heteroatoms. The first kappa shape index (κ1) is 15.1. The number of Topliss-reactive ketones (excluding diaryl/α,β-unsaturated/α-hetero) is 1. The minimum Gasteiger partial charge on any atom is -0.303 e. The average Bonchev–Trinajstić information content (AvgIpc) is 2.29. The van der Waals surface area contributed by atoms with Crippen molar-refractivity contribution in [3.63, 3.8) is 0 Å². The molecule has 0 aliphatic heterocycles. The zero-order valence-corrected chi connectivity index (χ0v) is 10.6. The van der Waals surface area contributed by atoms with Crippen LogP contribution in [0.25, 0.3) is 0 Å². The molecule has 0 aliphatic carbocycles. The Morgan fingerprint density at radius 3 is 2.44 bits per heavy atom. The lowest BCUT2D eigenvalue weighted by Crippen LogP contribution is -2.14. The van der Waals surface area contributed by atoms with Crippen molar-refractivity contribution in [1.82, 2.24) is 0 Å². The summed E-state index contributed by atoms with van der Waals surface area (Å²) in [6.45, 7) is 4.17. The van der Waals surface area contributed by atoms with Crippen LogP contribution in [0.5, 0.6) is 0 Å². The average molecular weight is 224 g/mol. The summed E-state index contributed by atoms with van der Waals surface area (Å²) in [5, 5.41) is 0. The Hall–Kier alpha value is -0.920. The molecule has 0 fully saturated rings. The topological polar surface area (TPSA) is 34.1 Å². The van der Waals surface area contributed by atoms with Gasteiger partial charge in [0.25, 0.3) is 0 Å². The lowest BCUT2D eigenvalue weighted by molar-refractivity contribution is -0.123. The van der Waals surface area contributed by atoms with Crippen molar-refractivity contribution in [2.75, 3.05) is 0 Å². The number of carbonyl (C=O) groups is 2. The molecular formula is C14H24O2. The Morgan fingerprint density at radius 1 is 1.12 bits per heavy atom. The van der Waals surface area contributed by atoms with E-state index >= 15 is 0 Å². The third-order valence-electron chi connectivity index (χ3n) is 2.69. The molecule has 92 valence electrons. The highest BCUT2D eigenvalue weighted by atomic mass is 16.1. The molecule has 1 atom stereocenters. The lowest BCUT2D eigenvalue weighted by Gasteiger charge is -2.12. The Kier molecular flexibility index (Phi) is 9.98. The van der Waals surface area contributed by atoms with Crippen LogP contribution in [0.1, 0.15) is 58.8 Å². The van der Waals surface area contributed by atoms with Crippen LogP contribution < -0.4 is 0 Å². The van der Waals surface area contributed by atoms with E-state index in [1.54, 1.807) is 0 Å². The second kappa shape index (κ2) is 10.6. The van der Waals surface area contributed by atoms with Gasteiger partial charge in [0.2, 0.25) is 0 Å². The molecule has 0 rings (SSSR count). The monoisotopic (exact) mass is 224 g/mol. The van der Waals surface area contributed by atoms with Gasteiger partial charge in [-0.05, 0) is 25.7 Å². The highest BCUT2D eigenvalue weighted by Gasteiger charge is 2.15. The van der Waals surface area contributed by atoms with E-state index in [1.165, 1.54) is 0 Å². The van der Waals surface area contributed by atoms with Crippen molar-refractivity contribution in [2.45, 2.75) is 58.8 Å². The molecule has 2 nitrogen and oxygen atoms in total. The molecule has 0 aromatic heterocycles. The summed E-state index contributed by atoms with van der Waals surface area (Å²) in [4.78, 5) is 22.2. The lowest BCUT2D eigenvalue weighted by atomic mass is 9.91. The highest BCUT2D eigenvalue weighted by molar-refractivity contribution is 5.81. The molecule has 0 radical (unpaired) electrons. The van der Waals surface area contributed by atoms with Crippen molar-refractivity contribution in [3.05, 3.63) is 12.2 Å². The molecule has 0 amide bonds. The van der Waals surface area contributed by atoms with Crippen molar-refractivity contribution >= 4 is 12.1 Å². The Labute approximate surface area is 99.1 Å². The number of hydrogen-bond acceptors (Lipinski definition) is 2. The van der Waals surface area contributed by atoms with Gasteiger partial charge in [-0.1, -0.05) is 32.4 Å². The molecule has 0 heterocycles. The summed E-state index contributed by atoms with van der Waals surface area (Å²) in [6.07, 6.45) is 10.7. The molecule has 0 aromatic rings. The van der Waals surface area contributed by atoms with Crippen LogP contribution in [0.4, 0.5) is 0 Å². The van der Waals surface area contributed by atoms with Crippen LogP contribution in [0, 0.1) is 5.92 Å². The number of rotatable bonds is 10. The smallest absolute Gasteiger partial charge is 0.136 e. The molecule has 1 unspecified atom stereocenters. The Morgan fingerprint density at radius 2 is 1.88 bits per heavy atom. The fourth-order valence-electron chi connectivity index (χ4n) is 1.80. The summed E-state index contributed by atoms with van der Waals surface area (Å²) in [5.41, 5.74) is 0. The molecular weight excluding hydrogens is 200 g/mol. The van der Waals surface area contributed by atoms with Crippen LogP contribution in [-0.4, -0.2) is 12.1 Å². The maximum Gasteiger partial charge on any atom is 0.136 e. The molecule has 0 saturated heterocycles. The fourth-order valence-corrected chi connectivity index (χ4v) is 1.80.